The van der Waals surface area contributed by atoms with Gasteiger partial charge in [0.2, 0.25) is 0 Å². The molecule has 0 unspecified atom stereocenters. The highest BCUT2D eigenvalue weighted by Gasteiger charge is 2.33. The van der Waals surface area contributed by atoms with Gasteiger partial charge in [-0.2, -0.15) is 33.7 Å². The Hall–Kier alpha value is -1.14. The van der Waals surface area contributed by atoms with Crippen molar-refractivity contribution in [3.05, 3.63) is 12.1 Å². The average Bonchev–Trinajstić information content (AvgIpc) is 2.22. The molecule has 0 saturated heterocycles. The Morgan fingerprint density at radius 1 is 0.455 bits per heavy atom. The second-order valence-corrected chi connectivity index (χ2v) is 9.21. The van der Waals surface area contributed by atoms with Crippen molar-refractivity contribution in [1.82, 2.24) is 0 Å². The van der Waals surface area contributed by atoms with E-state index in [4.69, 9.17) is 18.2 Å². The summed E-state index contributed by atoms with van der Waals surface area (Å²) in [6.45, 7) is 0. The lowest BCUT2D eigenvalue weighted by Gasteiger charge is -2.10. The van der Waals surface area contributed by atoms with Gasteiger partial charge in [-0.15, -0.1) is 0 Å². The van der Waals surface area contributed by atoms with Crippen molar-refractivity contribution in [2.45, 2.75) is 19.6 Å². The molecule has 0 heterocycles. The highest BCUT2D eigenvalue weighted by molar-refractivity contribution is 7.90. The highest BCUT2D eigenvalue weighted by Crippen LogP contribution is 2.30. The van der Waals surface area contributed by atoms with Gasteiger partial charge in [-0.05, 0) is 12.1 Å². The van der Waals surface area contributed by atoms with Crippen molar-refractivity contribution >= 4 is 40.5 Å². The fraction of sp³-hybridized carbons (Fsp3) is 0. The Morgan fingerprint density at radius 3 is 0.682 bits per heavy atom. The zero-order valence-corrected chi connectivity index (χ0v) is 13.1. The van der Waals surface area contributed by atoms with E-state index in [0.29, 0.717) is 0 Å². The fourth-order valence-corrected chi connectivity index (χ4v) is 5.06. The van der Waals surface area contributed by atoms with Crippen LogP contribution in [0.5, 0.6) is 0 Å². The van der Waals surface area contributed by atoms with Gasteiger partial charge in [0.15, 0.2) is 0 Å². The molecule has 0 aromatic heterocycles. The van der Waals surface area contributed by atoms with E-state index in [1.165, 1.54) is 0 Å². The summed E-state index contributed by atoms with van der Waals surface area (Å²) in [4.78, 5) is -6.91. The quantitative estimate of drug-likeness (QED) is 0.434. The molecular weight excluding hydrogens is 392 g/mol. The molecule has 16 heteroatoms. The van der Waals surface area contributed by atoms with Crippen LogP contribution < -0.4 is 0 Å². The second kappa shape index (κ2) is 5.20. The molecule has 0 saturated carbocycles. The summed E-state index contributed by atoms with van der Waals surface area (Å²) in [5, 5.41) is 0. The first-order valence-electron chi connectivity index (χ1n) is 4.53. The summed E-state index contributed by atoms with van der Waals surface area (Å²) in [6, 6.07) is -0.506. The average molecular weight is 398 g/mol. The van der Waals surface area contributed by atoms with Gasteiger partial charge in [0.05, 0.1) is 0 Å². The third-order valence-corrected chi connectivity index (χ3v) is 5.95. The third-order valence-electron chi connectivity index (χ3n) is 2.12. The minimum absolute atomic E-state index is 0.253. The lowest BCUT2D eigenvalue weighted by Crippen LogP contribution is -2.15. The Balaban J connectivity index is 4.27. The van der Waals surface area contributed by atoms with Crippen molar-refractivity contribution in [3.8, 4) is 0 Å². The van der Waals surface area contributed by atoms with Gasteiger partial charge in [0, 0.05) is 0 Å². The molecule has 1 aromatic carbocycles. The largest absolute Gasteiger partial charge is 0.295 e. The maximum Gasteiger partial charge on any atom is 0.295 e. The van der Waals surface area contributed by atoms with Crippen LogP contribution in [0.2, 0.25) is 0 Å². The first kappa shape index (κ1) is 18.9. The summed E-state index contributed by atoms with van der Waals surface area (Å²) in [5.74, 6) is 0. The molecule has 0 amide bonds. The molecule has 4 N–H and O–H groups in total. The molecule has 0 atom stereocenters. The van der Waals surface area contributed by atoms with E-state index >= 15 is 0 Å². The second-order valence-electron chi connectivity index (χ2n) is 3.65. The molecule has 0 fully saturated rings. The van der Waals surface area contributed by atoms with Crippen molar-refractivity contribution in [1.29, 1.82) is 0 Å². The van der Waals surface area contributed by atoms with E-state index in [9.17, 15) is 33.7 Å². The van der Waals surface area contributed by atoms with Crippen molar-refractivity contribution < 1.29 is 51.9 Å². The highest BCUT2D eigenvalue weighted by atomic mass is 32.2. The Kier molecular flexibility index (Phi) is 4.47. The monoisotopic (exact) mass is 398 g/mol. The number of benzene rings is 1. The van der Waals surface area contributed by atoms with Crippen LogP contribution in [0.1, 0.15) is 0 Å². The molecule has 1 rings (SSSR count). The summed E-state index contributed by atoms with van der Waals surface area (Å²) in [5.41, 5.74) is 0. The van der Waals surface area contributed by atoms with E-state index < -0.39 is 60.1 Å². The topological polar surface area (TPSA) is 217 Å². The minimum atomic E-state index is -5.45. The van der Waals surface area contributed by atoms with Crippen LogP contribution in [-0.2, 0) is 40.5 Å². The first-order chi connectivity index (χ1) is 9.45. The smallest absolute Gasteiger partial charge is 0.282 e. The van der Waals surface area contributed by atoms with Crippen LogP contribution in [0.4, 0.5) is 0 Å². The van der Waals surface area contributed by atoms with E-state index in [2.05, 4.69) is 0 Å². The van der Waals surface area contributed by atoms with E-state index in [0.717, 1.165) is 0 Å². The standard InChI is InChI=1S/C6H6O12S4/c7-19(8,9)3-1-4(20(10,11)12)6(22(16,17)18)2-5(3)21(13,14)15/h1-2H,(H,7,8,9)(H,10,11,12)(H,13,14,15)(H,16,17,18). The molecule has 12 nitrogen and oxygen atoms in total. The number of hydrogen-bond donors (Lipinski definition) is 4. The van der Waals surface area contributed by atoms with Crippen LogP contribution in [0.25, 0.3) is 0 Å². The summed E-state index contributed by atoms with van der Waals surface area (Å²) >= 11 is 0. The van der Waals surface area contributed by atoms with Crippen LogP contribution in [0.15, 0.2) is 31.7 Å². The Bertz CT molecular complexity index is 871. The van der Waals surface area contributed by atoms with Crippen LogP contribution in [-0.4, -0.2) is 51.9 Å². The fourth-order valence-electron chi connectivity index (χ4n) is 1.33. The lowest BCUT2D eigenvalue weighted by molar-refractivity contribution is 0.457. The van der Waals surface area contributed by atoms with Crippen LogP contribution in [0.3, 0.4) is 0 Å². The molecule has 126 valence electrons. The maximum absolute atomic E-state index is 11.0. The van der Waals surface area contributed by atoms with Gasteiger partial charge < -0.3 is 0 Å². The Labute approximate surface area is 124 Å². The molecule has 0 aliphatic rings. The maximum atomic E-state index is 11.0. The SMILES string of the molecule is O=S(=O)(O)c1cc(S(=O)(=O)O)c(S(=O)(=O)O)cc1S(=O)(=O)O. The Morgan fingerprint density at radius 2 is 0.591 bits per heavy atom. The van der Waals surface area contributed by atoms with Crippen LogP contribution >= 0.6 is 0 Å². The minimum Gasteiger partial charge on any atom is -0.282 e. The number of hydrogen-bond acceptors (Lipinski definition) is 8. The van der Waals surface area contributed by atoms with Crippen molar-refractivity contribution in [2.75, 3.05) is 0 Å². The van der Waals surface area contributed by atoms with Gasteiger partial charge in [0.1, 0.15) is 19.6 Å². The molecule has 0 radical (unpaired) electrons. The van der Waals surface area contributed by atoms with Gasteiger partial charge in [-0.1, -0.05) is 0 Å². The molecule has 1 aromatic rings. The van der Waals surface area contributed by atoms with Crippen molar-refractivity contribution in [2.24, 2.45) is 0 Å². The van der Waals surface area contributed by atoms with Crippen molar-refractivity contribution in [3.63, 3.8) is 0 Å². The molecule has 0 aliphatic carbocycles. The molecule has 0 aliphatic heterocycles. The molecule has 0 spiro atoms. The zero-order valence-electron chi connectivity index (χ0n) is 9.84. The zero-order chi connectivity index (χ0) is 17.7. The first-order valence-corrected chi connectivity index (χ1v) is 10.3. The van der Waals surface area contributed by atoms with Gasteiger partial charge in [-0.25, -0.2) is 0 Å². The lowest BCUT2D eigenvalue weighted by atomic mass is 10.3. The molecular formula is C6H6O12S4. The van der Waals surface area contributed by atoms with Crippen LogP contribution in [0, 0.1) is 0 Å². The predicted molar refractivity (Wildman–Crippen MR) is 65.7 cm³/mol. The summed E-state index contributed by atoms with van der Waals surface area (Å²) in [6.07, 6.45) is 0. The number of rotatable bonds is 4. The third kappa shape index (κ3) is 3.98. The molecule has 22 heavy (non-hydrogen) atoms. The van der Waals surface area contributed by atoms with E-state index in [1.54, 1.807) is 0 Å². The normalized spacial score (nSPS) is 14.0. The van der Waals surface area contributed by atoms with Gasteiger partial charge in [0.25, 0.3) is 40.5 Å². The summed E-state index contributed by atoms with van der Waals surface area (Å²) in [7, 11) is -21.8. The predicted octanol–water partition coefficient (Wildman–Crippen LogP) is -1.33. The van der Waals surface area contributed by atoms with E-state index in [-0.39, 0.29) is 12.1 Å². The molecule has 0 bridgehead atoms. The van der Waals surface area contributed by atoms with Gasteiger partial charge >= 0.3 is 0 Å². The summed E-state index contributed by atoms with van der Waals surface area (Å²) < 4.78 is 124. The van der Waals surface area contributed by atoms with E-state index in [1.807, 2.05) is 0 Å². The van der Waals surface area contributed by atoms with Gasteiger partial charge in [-0.3, -0.25) is 18.2 Å².